The molecule has 1 saturated heterocycles. The number of hydrogen-bond acceptors (Lipinski definition) is 8. The van der Waals surface area contributed by atoms with Crippen molar-refractivity contribution in [2.45, 2.75) is 18.8 Å². The van der Waals surface area contributed by atoms with E-state index in [-0.39, 0.29) is 6.10 Å². The third-order valence-electron chi connectivity index (χ3n) is 4.70. The van der Waals surface area contributed by atoms with Crippen LogP contribution in [-0.2, 0) is 24.8 Å². The lowest BCUT2D eigenvalue weighted by molar-refractivity contribution is -0.161. The molecule has 0 bridgehead atoms. The molecule has 1 unspecified atom stereocenters. The Labute approximate surface area is 192 Å². The molecule has 10 nitrogen and oxygen atoms in total. The van der Waals surface area contributed by atoms with E-state index < -0.39 is 17.7 Å². The number of nitrogens with one attached hydrogen (secondary N) is 1. The van der Waals surface area contributed by atoms with E-state index in [2.05, 4.69) is 5.32 Å². The Hall–Kier alpha value is -3.34. The zero-order chi connectivity index (χ0) is 24.3. The van der Waals surface area contributed by atoms with Crippen LogP contribution >= 0.6 is 0 Å². The molecule has 2 aromatic rings. The molecule has 1 heterocycles. The predicted octanol–water partition coefficient (Wildman–Crippen LogP) is 2.12. The molecule has 0 saturated carbocycles. The first-order valence-corrected chi connectivity index (χ1v) is 10.2. The maximum absolute atomic E-state index is 9.10. The Morgan fingerprint density at radius 1 is 1.03 bits per heavy atom. The van der Waals surface area contributed by atoms with Gasteiger partial charge < -0.3 is 39.2 Å². The van der Waals surface area contributed by atoms with Crippen molar-refractivity contribution in [2.24, 2.45) is 0 Å². The number of hydrogen-bond donors (Lipinski definition) is 3. The third kappa shape index (κ3) is 7.63. The van der Waals surface area contributed by atoms with Gasteiger partial charge in [-0.3, -0.25) is 0 Å². The molecule has 3 N–H and O–H groups in total. The predicted molar refractivity (Wildman–Crippen MR) is 118 cm³/mol. The highest BCUT2D eigenvalue weighted by atomic mass is 16.7. The van der Waals surface area contributed by atoms with Gasteiger partial charge in [-0.25, -0.2) is 9.59 Å². The van der Waals surface area contributed by atoms with Gasteiger partial charge in [-0.2, -0.15) is 0 Å². The van der Waals surface area contributed by atoms with Crippen LogP contribution in [0.25, 0.3) is 0 Å². The van der Waals surface area contributed by atoms with Crippen LogP contribution < -0.4 is 19.5 Å². The van der Waals surface area contributed by atoms with Crippen molar-refractivity contribution in [1.82, 2.24) is 5.32 Å². The second kappa shape index (κ2) is 12.6. The minimum atomic E-state index is -1.82. The van der Waals surface area contributed by atoms with Crippen molar-refractivity contribution >= 4 is 11.9 Å². The van der Waals surface area contributed by atoms with Crippen molar-refractivity contribution in [1.29, 1.82) is 0 Å². The van der Waals surface area contributed by atoms with E-state index in [0.717, 1.165) is 5.56 Å². The lowest BCUT2D eigenvalue weighted by atomic mass is 10.1. The number of carboxylic acid groups (broad SMARTS) is 2. The van der Waals surface area contributed by atoms with E-state index in [1.54, 1.807) is 14.2 Å². The van der Waals surface area contributed by atoms with Gasteiger partial charge in [0.2, 0.25) is 5.75 Å². The summed E-state index contributed by atoms with van der Waals surface area (Å²) >= 11 is 0. The SMILES string of the molecule is COc1cccc(OC)c1OCCNCC1CO[C@@](C)(c2ccccc2)O1.O=C(O)C(=O)O. The molecular formula is C23H29NO9. The van der Waals surface area contributed by atoms with Crippen LogP contribution in [0.15, 0.2) is 48.5 Å². The highest BCUT2D eigenvalue weighted by Crippen LogP contribution is 2.36. The molecule has 33 heavy (non-hydrogen) atoms. The molecule has 180 valence electrons. The Bertz CT molecular complexity index is 872. The summed E-state index contributed by atoms with van der Waals surface area (Å²) in [6, 6.07) is 15.6. The number of rotatable bonds is 9. The number of benzene rings is 2. The average molecular weight is 463 g/mol. The Kier molecular flexibility index (Phi) is 9.92. The van der Waals surface area contributed by atoms with Crippen molar-refractivity contribution in [3.05, 3.63) is 54.1 Å². The molecule has 2 aromatic carbocycles. The molecular weight excluding hydrogens is 434 g/mol. The molecule has 0 radical (unpaired) electrons. The minimum absolute atomic E-state index is 0.00370. The summed E-state index contributed by atoms with van der Waals surface area (Å²) in [4.78, 5) is 18.2. The molecule has 0 spiro atoms. The number of ether oxygens (including phenoxy) is 5. The fourth-order valence-corrected chi connectivity index (χ4v) is 3.08. The van der Waals surface area contributed by atoms with Crippen molar-refractivity contribution in [3.8, 4) is 17.2 Å². The monoisotopic (exact) mass is 463 g/mol. The van der Waals surface area contributed by atoms with Crippen LogP contribution in [0, 0.1) is 0 Å². The zero-order valence-corrected chi connectivity index (χ0v) is 18.8. The maximum atomic E-state index is 9.10. The Morgan fingerprint density at radius 2 is 1.64 bits per heavy atom. The topological polar surface area (TPSA) is 133 Å². The molecule has 1 aliphatic rings. The van der Waals surface area contributed by atoms with Gasteiger partial charge in [0.15, 0.2) is 17.3 Å². The van der Waals surface area contributed by atoms with E-state index in [4.69, 9.17) is 43.5 Å². The fraction of sp³-hybridized carbons (Fsp3) is 0.391. The van der Waals surface area contributed by atoms with Crippen molar-refractivity contribution in [3.63, 3.8) is 0 Å². The largest absolute Gasteiger partial charge is 0.493 e. The van der Waals surface area contributed by atoms with Crippen LogP contribution in [0.3, 0.4) is 0 Å². The van der Waals surface area contributed by atoms with E-state index in [1.165, 1.54) is 0 Å². The summed E-state index contributed by atoms with van der Waals surface area (Å²) in [7, 11) is 3.22. The molecule has 1 fully saturated rings. The van der Waals surface area contributed by atoms with Crippen LogP contribution in [0.4, 0.5) is 0 Å². The first-order chi connectivity index (χ1) is 15.8. The quantitative estimate of drug-likeness (QED) is 0.375. The van der Waals surface area contributed by atoms with Gasteiger partial charge in [-0.15, -0.1) is 0 Å². The fourth-order valence-electron chi connectivity index (χ4n) is 3.08. The highest BCUT2D eigenvalue weighted by Gasteiger charge is 2.38. The molecule has 0 aromatic heterocycles. The van der Waals surface area contributed by atoms with Gasteiger partial charge in [-0.1, -0.05) is 36.4 Å². The van der Waals surface area contributed by atoms with Gasteiger partial charge in [0, 0.05) is 18.7 Å². The molecule has 1 aliphatic heterocycles. The smallest absolute Gasteiger partial charge is 0.414 e. The van der Waals surface area contributed by atoms with Gasteiger partial charge in [-0.05, 0) is 19.1 Å². The van der Waals surface area contributed by atoms with Crippen LogP contribution in [0.1, 0.15) is 12.5 Å². The molecule has 0 aliphatic carbocycles. The lowest BCUT2D eigenvalue weighted by Gasteiger charge is -2.23. The van der Waals surface area contributed by atoms with Crippen LogP contribution in [-0.4, -0.2) is 68.8 Å². The first kappa shape index (κ1) is 25.9. The normalized spacial score (nSPS) is 19.2. The van der Waals surface area contributed by atoms with Crippen LogP contribution in [0.5, 0.6) is 17.2 Å². The van der Waals surface area contributed by atoms with Crippen LogP contribution in [0.2, 0.25) is 0 Å². The van der Waals surface area contributed by atoms with E-state index in [9.17, 15) is 0 Å². The number of carboxylic acids is 2. The number of methoxy groups -OCH3 is 2. The average Bonchev–Trinajstić information content (AvgIpc) is 3.21. The maximum Gasteiger partial charge on any atom is 0.414 e. The summed E-state index contributed by atoms with van der Waals surface area (Å²) in [6.45, 7) is 4.36. The van der Waals surface area contributed by atoms with Crippen molar-refractivity contribution in [2.75, 3.05) is 40.5 Å². The Morgan fingerprint density at radius 3 is 2.18 bits per heavy atom. The summed E-state index contributed by atoms with van der Waals surface area (Å²) < 4.78 is 28.5. The van der Waals surface area contributed by atoms with Gasteiger partial charge in [0.05, 0.1) is 26.9 Å². The first-order valence-electron chi connectivity index (χ1n) is 10.2. The Balaban J connectivity index is 0.000000569. The second-order valence-electron chi connectivity index (χ2n) is 7.02. The molecule has 3 rings (SSSR count). The highest BCUT2D eigenvalue weighted by molar-refractivity contribution is 6.27. The number of aliphatic carboxylic acids is 2. The zero-order valence-electron chi connectivity index (χ0n) is 18.8. The summed E-state index contributed by atoms with van der Waals surface area (Å²) in [5.74, 6) is -2.41. The van der Waals surface area contributed by atoms with E-state index in [1.807, 2.05) is 55.5 Å². The molecule has 2 atom stereocenters. The third-order valence-corrected chi connectivity index (χ3v) is 4.70. The number of para-hydroxylation sites is 1. The second-order valence-corrected chi connectivity index (χ2v) is 7.02. The summed E-state index contributed by atoms with van der Waals surface area (Å²) in [5, 5.41) is 18.1. The van der Waals surface area contributed by atoms with Gasteiger partial charge >= 0.3 is 11.9 Å². The van der Waals surface area contributed by atoms with E-state index >= 15 is 0 Å². The van der Waals surface area contributed by atoms with Gasteiger partial charge in [0.1, 0.15) is 6.61 Å². The summed E-state index contributed by atoms with van der Waals surface area (Å²) in [5.41, 5.74) is 1.03. The molecule has 10 heteroatoms. The molecule has 0 amide bonds. The standard InChI is InChI=1S/C21H27NO5.C2H2O4/c1-21(16-8-5-4-6-9-16)26-15-17(27-21)14-22-12-13-25-20-18(23-2)10-7-11-19(20)24-3;3-1(4)2(5)6/h4-11,17,22H,12-15H2,1-3H3;(H,3,4)(H,5,6)/t17?,21-;/m1./s1. The van der Waals surface area contributed by atoms with E-state index in [0.29, 0.717) is 43.6 Å². The van der Waals surface area contributed by atoms with Gasteiger partial charge in [0.25, 0.3) is 0 Å². The number of carbonyl (C=O) groups is 2. The minimum Gasteiger partial charge on any atom is -0.493 e. The lowest BCUT2D eigenvalue weighted by Crippen LogP contribution is -2.33. The summed E-state index contributed by atoms with van der Waals surface area (Å²) in [6.07, 6.45) is -0.00370. The van der Waals surface area contributed by atoms with Crippen molar-refractivity contribution < 1.29 is 43.5 Å².